The summed E-state index contributed by atoms with van der Waals surface area (Å²) >= 11 is 0. The summed E-state index contributed by atoms with van der Waals surface area (Å²) in [6.07, 6.45) is 10.2. The summed E-state index contributed by atoms with van der Waals surface area (Å²) in [7, 11) is 3.21. The molecule has 1 N–H and O–H groups in total. The molecule has 0 radical (unpaired) electrons. The highest BCUT2D eigenvalue weighted by Gasteiger charge is 2.62. The van der Waals surface area contributed by atoms with E-state index < -0.39 is 0 Å². The van der Waals surface area contributed by atoms with Crippen LogP contribution in [0.5, 0.6) is 11.5 Å². The van der Waals surface area contributed by atoms with E-state index in [0.29, 0.717) is 52.5 Å². The van der Waals surface area contributed by atoms with E-state index in [2.05, 4.69) is 33.0 Å². The minimum absolute atomic E-state index is 0.102. The maximum Gasteiger partial charge on any atom is 0.251 e. The fourth-order valence-electron chi connectivity index (χ4n) is 6.11. The maximum atomic E-state index is 13.3. The smallest absolute Gasteiger partial charge is 0.251 e. The molecule has 2 fully saturated rings. The lowest BCUT2D eigenvalue weighted by Crippen LogP contribution is -2.31. The van der Waals surface area contributed by atoms with Crippen LogP contribution in [0.2, 0.25) is 0 Å². The number of nitrogens with one attached hydrogen (secondary N) is 1. The van der Waals surface area contributed by atoms with Gasteiger partial charge in [0.15, 0.2) is 11.5 Å². The molecule has 0 saturated heterocycles. The highest BCUT2D eigenvalue weighted by atomic mass is 16.5. The topological polar surface area (TPSA) is 91.2 Å². The highest BCUT2D eigenvalue weighted by molar-refractivity contribution is 5.96. The number of tetrazole rings is 1. The summed E-state index contributed by atoms with van der Waals surface area (Å²) in [5, 5.41) is 14.7. The van der Waals surface area contributed by atoms with Crippen LogP contribution in [0, 0.1) is 23.2 Å². The van der Waals surface area contributed by atoms with Gasteiger partial charge in [-0.2, -0.15) is 0 Å². The summed E-state index contributed by atoms with van der Waals surface area (Å²) < 4.78 is 12.7. The molecule has 1 spiro atoms. The first-order chi connectivity index (χ1) is 16.6. The Bertz CT molecular complexity index is 1270. The number of carbonyl (C=O) groups excluding carboxylic acids is 1. The number of ether oxygens (including phenoxy) is 2. The Morgan fingerprint density at radius 2 is 2.06 bits per heavy atom. The van der Waals surface area contributed by atoms with E-state index in [1.54, 1.807) is 18.9 Å². The molecule has 0 aliphatic heterocycles. The number of benzene rings is 2. The van der Waals surface area contributed by atoms with Crippen molar-refractivity contribution in [2.75, 3.05) is 20.8 Å². The molecule has 34 heavy (non-hydrogen) atoms. The Hall–Kier alpha value is -3.68. The largest absolute Gasteiger partial charge is 0.493 e. The lowest BCUT2D eigenvalue weighted by atomic mass is 9.89. The van der Waals surface area contributed by atoms with E-state index in [1.165, 1.54) is 25.6 Å². The number of amides is 1. The van der Waals surface area contributed by atoms with Gasteiger partial charge in [0.05, 0.1) is 19.9 Å². The number of hydrogen-bond acceptors (Lipinski definition) is 6. The van der Waals surface area contributed by atoms with E-state index in [4.69, 9.17) is 9.47 Å². The van der Waals surface area contributed by atoms with Crippen molar-refractivity contribution in [1.82, 2.24) is 25.5 Å². The van der Waals surface area contributed by atoms with Crippen LogP contribution < -0.4 is 14.8 Å². The zero-order valence-corrected chi connectivity index (χ0v) is 19.3. The number of carbonyl (C=O) groups is 1. The first-order valence-corrected chi connectivity index (χ1v) is 11.7. The molecule has 3 aliphatic carbocycles. The predicted molar refractivity (Wildman–Crippen MR) is 126 cm³/mol. The second-order valence-corrected chi connectivity index (χ2v) is 9.52. The number of rotatable bonds is 7. The Labute approximate surface area is 198 Å². The lowest BCUT2D eigenvalue weighted by Gasteiger charge is -2.20. The molecule has 3 atom stereocenters. The summed E-state index contributed by atoms with van der Waals surface area (Å²) in [5.74, 6) is 2.96. The van der Waals surface area contributed by atoms with Crippen LogP contribution in [0.1, 0.15) is 29.6 Å². The fourth-order valence-corrected chi connectivity index (χ4v) is 6.11. The second-order valence-electron chi connectivity index (χ2n) is 9.52. The molecular formula is C26H27N5O3. The molecule has 8 heteroatoms. The van der Waals surface area contributed by atoms with Crippen molar-refractivity contribution >= 4 is 5.91 Å². The van der Waals surface area contributed by atoms with Crippen molar-refractivity contribution in [2.45, 2.75) is 19.3 Å². The van der Waals surface area contributed by atoms with Gasteiger partial charge in [0.25, 0.3) is 5.91 Å². The zero-order valence-electron chi connectivity index (χ0n) is 19.3. The van der Waals surface area contributed by atoms with Crippen LogP contribution in [0.4, 0.5) is 0 Å². The molecule has 2 bridgehead atoms. The number of hydrogen-bond donors (Lipinski definition) is 1. The quantitative estimate of drug-likeness (QED) is 0.545. The lowest BCUT2D eigenvalue weighted by molar-refractivity contribution is 0.0944. The molecule has 3 aromatic rings. The third-order valence-corrected chi connectivity index (χ3v) is 7.88. The predicted octanol–water partition coefficient (Wildman–Crippen LogP) is 3.68. The van der Waals surface area contributed by atoms with Crippen LogP contribution in [0.3, 0.4) is 0 Å². The van der Waals surface area contributed by atoms with Gasteiger partial charge in [0, 0.05) is 17.7 Å². The normalized spacial score (nSPS) is 23.3. The van der Waals surface area contributed by atoms with Crippen LogP contribution in [0.25, 0.3) is 16.8 Å². The maximum absolute atomic E-state index is 13.3. The third-order valence-electron chi connectivity index (χ3n) is 7.88. The Morgan fingerprint density at radius 1 is 1.18 bits per heavy atom. The molecule has 6 rings (SSSR count). The van der Waals surface area contributed by atoms with Gasteiger partial charge in [-0.15, -0.1) is 5.10 Å². The van der Waals surface area contributed by atoms with Gasteiger partial charge in [-0.05, 0) is 82.7 Å². The number of nitrogens with zero attached hydrogens (tertiary/aromatic N) is 4. The van der Waals surface area contributed by atoms with E-state index in [0.717, 1.165) is 11.1 Å². The van der Waals surface area contributed by atoms with Crippen LogP contribution in [-0.2, 0) is 0 Å². The number of methoxy groups -OCH3 is 2. The van der Waals surface area contributed by atoms with E-state index in [1.807, 2.05) is 36.4 Å². The minimum atomic E-state index is -0.102. The molecular weight excluding hydrogens is 430 g/mol. The Morgan fingerprint density at radius 3 is 2.76 bits per heavy atom. The van der Waals surface area contributed by atoms with Gasteiger partial charge in [-0.3, -0.25) is 4.79 Å². The average Bonchev–Trinajstić information content (AvgIpc) is 3.21. The number of allylic oxidation sites excluding steroid dienone is 2. The van der Waals surface area contributed by atoms with Crippen molar-refractivity contribution in [2.24, 2.45) is 23.2 Å². The zero-order chi connectivity index (χ0) is 23.3. The molecule has 1 heterocycles. The van der Waals surface area contributed by atoms with E-state index >= 15 is 0 Å². The van der Waals surface area contributed by atoms with Crippen molar-refractivity contribution in [3.63, 3.8) is 0 Å². The Kier molecular flexibility index (Phi) is 4.90. The van der Waals surface area contributed by atoms with Gasteiger partial charge in [0.1, 0.15) is 6.33 Å². The van der Waals surface area contributed by atoms with Crippen LogP contribution in [-0.4, -0.2) is 46.9 Å². The molecule has 2 saturated carbocycles. The monoisotopic (exact) mass is 457 g/mol. The highest BCUT2D eigenvalue weighted by Crippen LogP contribution is 2.69. The van der Waals surface area contributed by atoms with E-state index in [-0.39, 0.29) is 5.91 Å². The first kappa shape index (κ1) is 20.9. The summed E-state index contributed by atoms with van der Waals surface area (Å²) in [4.78, 5) is 13.3. The van der Waals surface area contributed by atoms with E-state index in [9.17, 15) is 4.79 Å². The molecule has 1 amide bonds. The van der Waals surface area contributed by atoms with Gasteiger partial charge in [-0.25, -0.2) is 4.68 Å². The van der Waals surface area contributed by atoms with Crippen molar-refractivity contribution in [3.8, 4) is 28.3 Å². The van der Waals surface area contributed by atoms with Gasteiger partial charge in [0.2, 0.25) is 0 Å². The molecule has 3 aliphatic rings. The third kappa shape index (κ3) is 3.28. The molecule has 174 valence electrons. The minimum Gasteiger partial charge on any atom is -0.493 e. The fraction of sp³-hybridized carbons (Fsp3) is 0.385. The standard InChI is InChI=1S/C26H27N5O3/c1-33-23-5-3-4-21(24(23)34-2)16-10-17(13-20(12-16)31-15-28-29-30-31)25(32)27-14-18-11-19-6-7-22(18)26(19)8-9-26/h3-7,10,12-13,15,18-19,22H,8-9,11,14H2,1-2H3,(H,27,32)/t18-,19+,22+/m0/s1. The van der Waals surface area contributed by atoms with Crippen molar-refractivity contribution in [3.05, 3.63) is 60.4 Å². The SMILES string of the molecule is COc1cccc(-c2cc(C(=O)NC[C@@H]3C[C@H]4C=C[C@H]3C43CC3)cc(-n3cnnn3)c2)c1OC. The molecule has 0 unspecified atom stereocenters. The summed E-state index contributed by atoms with van der Waals surface area (Å²) in [6.45, 7) is 0.693. The number of aromatic nitrogens is 4. The van der Waals surface area contributed by atoms with Gasteiger partial charge in [-0.1, -0.05) is 24.3 Å². The number of para-hydroxylation sites is 1. The molecule has 2 aromatic carbocycles. The van der Waals surface area contributed by atoms with Gasteiger partial charge >= 0.3 is 0 Å². The molecule has 8 nitrogen and oxygen atoms in total. The second kappa shape index (κ2) is 7.97. The van der Waals surface area contributed by atoms with Crippen LogP contribution >= 0.6 is 0 Å². The summed E-state index contributed by atoms with van der Waals surface area (Å²) in [5.41, 5.74) is 3.39. The Balaban J connectivity index is 1.31. The summed E-state index contributed by atoms with van der Waals surface area (Å²) in [6, 6.07) is 11.3. The van der Waals surface area contributed by atoms with Crippen molar-refractivity contribution < 1.29 is 14.3 Å². The van der Waals surface area contributed by atoms with Crippen LogP contribution in [0.15, 0.2) is 54.9 Å². The van der Waals surface area contributed by atoms with Crippen molar-refractivity contribution in [1.29, 1.82) is 0 Å². The first-order valence-electron chi connectivity index (χ1n) is 11.7. The van der Waals surface area contributed by atoms with Gasteiger partial charge < -0.3 is 14.8 Å². The molecule has 1 aromatic heterocycles. The average molecular weight is 458 g/mol.